The summed E-state index contributed by atoms with van der Waals surface area (Å²) in [7, 11) is -2.03. The van der Waals surface area contributed by atoms with E-state index < -0.39 is 15.8 Å². The van der Waals surface area contributed by atoms with Crippen LogP contribution < -0.4 is 10.5 Å². The Morgan fingerprint density at radius 3 is 2.53 bits per heavy atom. The van der Waals surface area contributed by atoms with Crippen LogP contribution in [0.5, 0.6) is 0 Å². The van der Waals surface area contributed by atoms with E-state index in [1.54, 1.807) is 7.05 Å². The molecule has 1 aromatic heterocycles. The third kappa shape index (κ3) is 2.91. The predicted octanol–water partition coefficient (Wildman–Crippen LogP) is 0.620. The van der Waals surface area contributed by atoms with Crippen molar-refractivity contribution in [1.82, 2.24) is 14.5 Å². The van der Waals surface area contributed by atoms with Gasteiger partial charge in [-0.1, -0.05) is 0 Å². The molecule has 8 heteroatoms. The maximum absolute atomic E-state index is 12.7. The number of sulfonamides is 1. The summed E-state index contributed by atoms with van der Waals surface area (Å²) < 4.78 is 40.4. The molecular formula is C11H13FN4O2S. The molecule has 2 rings (SSSR count). The van der Waals surface area contributed by atoms with E-state index in [1.165, 1.54) is 23.0 Å². The quantitative estimate of drug-likeness (QED) is 0.861. The third-order valence-electron chi connectivity index (χ3n) is 2.64. The maximum atomic E-state index is 12.7. The third-order valence-corrected chi connectivity index (χ3v) is 4.06. The molecule has 1 heterocycles. The summed E-state index contributed by atoms with van der Waals surface area (Å²) in [6, 6.07) is 4.58. The molecule has 0 saturated carbocycles. The Balaban J connectivity index is 2.14. The van der Waals surface area contributed by atoms with E-state index in [0.29, 0.717) is 11.4 Å². The summed E-state index contributed by atoms with van der Waals surface area (Å²) in [5.41, 5.74) is 6.28. The van der Waals surface area contributed by atoms with Gasteiger partial charge in [-0.3, -0.25) is 4.68 Å². The van der Waals surface area contributed by atoms with Gasteiger partial charge in [-0.15, -0.1) is 0 Å². The molecule has 0 radical (unpaired) electrons. The summed E-state index contributed by atoms with van der Waals surface area (Å²) in [4.78, 5) is -0.00337. The Labute approximate surface area is 110 Å². The minimum absolute atomic E-state index is 0.00337. The first kappa shape index (κ1) is 13.5. The van der Waals surface area contributed by atoms with Crippen LogP contribution in [-0.2, 0) is 23.6 Å². The number of hydrogen-bond acceptors (Lipinski definition) is 4. The van der Waals surface area contributed by atoms with Crippen LogP contribution in [0.3, 0.4) is 0 Å². The summed E-state index contributed by atoms with van der Waals surface area (Å²) in [6.45, 7) is 0.0272. The fourth-order valence-electron chi connectivity index (χ4n) is 1.50. The average molecular weight is 284 g/mol. The number of nitrogens with one attached hydrogen (secondary N) is 1. The molecule has 0 bridgehead atoms. The van der Waals surface area contributed by atoms with Crippen LogP contribution in [0.2, 0.25) is 0 Å². The van der Waals surface area contributed by atoms with Crippen LogP contribution in [-0.4, -0.2) is 18.2 Å². The van der Waals surface area contributed by atoms with Crippen LogP contribution in [0.15, 0.2) is 35.4 Å². The molecule has 0 aliphatic rings. The number of nitrogens with two attached hydrogens (primary N) is 1. The minimum atomic E-state index is -3.69. The predicted molar refractivity (Wildman–Crippen MR) is 68.0 cm³/mol. The highest BCUT2D eigenvalue weighted by molar-refractivity contribution is 7.89. The number of hydrogen-bond donors (Lipinski definition) is 2. The fraction of sp³-hybridized carbons (Fsp3) is 0.182. The van der Waals surface area contributed by atoms with Crippen LogP contribution in [0.25, 0.3) is 0 Å². The number of halogens is 1. The van der Waals surface area contributed by atoms with Crippen molar-refractivity contribution >= 4 is 15.8 Å². The number of anilines is 1. The number of aryl methyl sites for hydroxylation is 1. The Morgan fingerprint density at radius 1 is 1.37 bits per heavy atom. The molecule has 3 N–H and O–H groups in total. The Hall–Kier alpha value is -1.93. The van der Waals surface area contributed by atoms with E-state index in [0.717, 1.165) is 12.1 Å². The van der Waals surface area contributed by atoms with E-state index in [4.69, 9.17) is 5.73 Å². The molecule has 0 fully saturated rings. The highest BCUT2D eigenvalue weighted by Crippen LogP contribution is 2.13. The molecule has 19 heavy (non-hydrogen) atoms. The molecule has 1 aromatic carbocycles. The lowest BCUT2D eigenvalue weighted by molar-refractivity contribution is 0.580. The summed E-state index contributed by atoms with van der Waals surface area (Å²) in [5, 5.41) is 3.91. The molecule has 0 aliphatic heterocycles. The number of rotatable bonds is 4. The highest BCUT2D eigenvalue weighted by atomic mass is 32.2. The van der Waals surface area contributed by atoms with E-state index in [9.17, 15) is 12.8 Å². The van der Waals surface area contributed by atoms with Crippen molar-refractivity contribution in [3.8, 4) is 0 Å². The van der Waals surface area contributed by atoms with E-state index in [1.807, 2.05) is 0 Å². The molecule has 0 amide bonds. The Kier molecular flexibility index (Phi) is 3.54. The lowest BCUT2D eigenvalue weighted by atomic mass is 10.3. The zero-order valence-electron chi connectivity index (χ0n) is 10.2. The van der Waals surface area contributed by atoms with Crippen LogP contribution >= 0.6 is 0 Å². The zero-order valence-corrected chi connectivity index (χ0v) is 11.0. The molecule has 0 spiro atoms. The van der Waals surface area contributed by atoms with Gasteiger partial charge >= 0.3 is 0 Å². The fourth-order valence-corrected chi connectivity index (χ4v) is 2.51. The van der Waals surface area contributed by atoms with Gasteiger partial charge in [0.05, 0.1) is 11.1 Å². The van der Waals surface area contributed by atoms with Gasteiger partial charge in [0.2, 0.25) is 10.0 Å². The second kappa shape index (κ2) is 4.98. The number of nitrogens with zero attached hydrogens (tertiary/aromatic N) is 2. The Morgan fingerprint density at radius 2 is 2.00 bits per heavy atom. The van der Waals surface area contributed by atoms with Gasteiger partial charge in [-0.2, -0.15) is 5.10 Å². The lowest BCUT2D eigenvalue weighted by Crippen LogP contribution is -2.23. The normalized spacial score (nSPS) is 11.7. The van der Waals surface area contributed by atoms with Gasteiger partial charge in [0.25, 0.3) is 0 Å². The molecule has 0 atom stereocenters. The standard InChI is InChI=1S/C11H13FN4O2S/c1-16-11(13)8(6-14-16)7-15-19(17,18)10-4-2-9(12)3-5-10/h2-6,15H,7,13H2,1H3. The van der Waals surface area contributed by atoms with E-state index in [-0.39, 0.29) is 11.4 Å². The van der Waals surface area contributed by atoms with Gasteiger partial charge < -0.3 is 5.73 Å². The van der Waals surface area contributed by atoms with Crippen molar-refractivity contribution in [2.24, 2.45) is 7.05 Å². The van der Waals surface area contributed by atoms with Crippen molar-refractivity contribution in [3.05, 3.63) is 41.8 Å². The molecule has 6 nitrogen and oxygen atoms in total. The van der Waals surface area contributed by atoms with Gasteiger partial charge in [-0.25, -0.2) is 17.5 Å². The minimum Gasteiger partial charge on any atom is -0.384 e. The molecule has 102 valence electrons. The summed E-state index contributed by atoms with van der Waals surface area (Å²) >= 11 is 0. The van der Waals surface area contributed by atoms with Crippen LogP contribution in [0, 0.1) is 5.82 Å². The van der Waals surface area contributed by atoms with Crippen LogP contribution in [0.4, 0.5) is 10.2 Å². The van der Waals surface area contributed by atoms with Gasteiger partial charge in [0.15, 0.2) is 0 Å². The smallest absolute Gasteiger partial charge is 0.240 e. The second-order valence-electron chi connectivity index (χ2n) is 3.96. The first-order valence-electron chi connectivity index (χ1n) is 5.42. The van der Waals surface area contributed by atoms with Crippen molar-refractivity contribution < 1.29 is 12.8 Å². The molecule has 0 saturated heterocycles. The van der Waals surface area contributed by atoms with Crippen molar-refractivity contribution in [2.75, 3.05) is 5.73 Å². The monoisotopic (exact) mass is 284 g/mol. The topological polar surface area (TPSA) is 90.0 Å². The molecule has 0 unspecified atom stereocenters. The number of aromatic nitrogens is 2. The van der Waals surface area contributed by atoms with Crippen molar-refractivity contribution in [3.63, 3.8) is 0 Å². The SMILES string of the molecule is Cn1ncc(CNS(=O)(=O)c2ccc(F)cc2)c1N. The van der Waals surface area contributed by atoms with Crippen molar-refractivity contribution in [2.45, 2.75) is 11.4 Å². The molecule has 0 aliphatic carbocycles. The molecule has 2 aromatic rings. The maximum Gasteiger partial charge on any atom is 0.240 e. The van der Waals surface area contributed by atoms with E-state index >= 15 is 0 Å². The first-order chi connectivity index (χ1) is 8.90. The summed E-state index contributed by atoms with van der Waals surface area (Å²) in [6.07, 6.45) is 1.49. The van der Waals surface area contributed by atoms with Crippen molar-refractivity contribution in [1.29, 1.82) is 0 Å². The Bertz CT molecular complexity index is 679. The summed E-state index contributed by atoms with van der Waals surface area (Å²) in [5.74, 6) is -0.0998. The van der Waals surface area contributed by atoms with Gasteiger partial charge in [-0.05, 0) is 24.3 Å². The van der Waals surface area contributed by atoms with Gasteiger partial charge in [0, 0.05) is 19.2 Å². The average Bonchev–Trinajstić information content (AvgIpc) is 2.68. The largest absolute Gasteiger partial charge is 0.384 e. The highest BCUT2D eigenvalue weighted by Gasteiger charge is 2.15. The number of nitrogen functional groups attached to an aromatic ring is 1. The lowest BCUT2D eigenvalue weighted by Gasteiger charge is -2.06. The second-order valence-corrected chi connectivity index (χ2v) is 5.72. The van der Waals surface area contributed by atoms with Gasteiger partial charge in [0.1, 0.15) is 11.6 Å². The first-order valence-corrected chi connectivity index (χ1v) is 6.90. The number of benzene rings is 1. The zero-order chi connectivity index (χ0) is 14.0. The van der Waals surface area contributed by atoms with E-state index in [2.05, 4.69) is 9.82 Å². The molecular weight excluding hydrogens is 271 g/mol. The van der Waals surface area contributed by atoms with Crippen LogP contribution in [0.1, 0.15) is 5.56 Å².